The molecule has 0 radical (unpaired) electrons. The third-order valence-corrected chi connectivity index (χ3v) is 15.4. The van der Waals surface area contributed by atoms with Crippen LogP contribution < -0.4 is 36.1 Å². The Morgan fingerprint density at radius 1 is 0.922 bits per heavy atom. The Kier molecular flexibility index (Phi) is 18.3. The van der Waals surface area contributed by atoms with E-state index in [2.05, 4.69) is 51.0 Å². The van der Waals surface area contributed by atoms with E-state index in [9.17, 15) is 19.2 Å². The van der Waals surface area contributed by atoms with Gasteiger partial charge < -0.3 is 50.8 Å². The maximum atomic E-state index is 14.0. The monoisotopic (exact) mass is 1070 g/mol. The van der Waals surface area contributed by atoms with Crippen LogP contribution in [0.3, 0.4) is 0 Å². The lowest BCUT2D eigenvalue weighted by molar-refractivity contribution is -0.133. The maximum Gasteiger partial charge on any atom is 0.251 e. The summed E-state index contributed by atoms with van der Waals surface area (Å²) < 4.78 is 12.8. The first-order valence-corrected chi connectivity index (χ1v) is 27.3. The van der Waals surface area contributed by atoms with Crippen LogP contribution in [0.2, 0.25) is 5.02 Å². The smallest absolute Gasteiger partial charge is 0.251 e. The number of hydrogen-bond acceptors (Lipinski definition) is 14. The van der Waals surface area contributed by atoms with E-state index in [4.69, 9.17) is 26.8 Å². The first-order valence-electron chi connectivity index (χ1n) is 26.9. The Labute approximate surface area is 454 Å². The number of methoxy groups -OCH3 is 1. The number of fused-ring (bicyclic) bond motifs is 1. The predicted octanol–water partition coefficient (Wildman–Crippen LogP) is 4.86. The van der Waals surface area contributed by atoms with Gasteiger partial charge in [-0.2, -0.15) is 0 Å². The molecule has 6 N–H and O–H groups in total. The van der Waals surface area contributed by atoms with Crippen LogP contribution in [0, 0.1) is 0 Å². The molecule has 408 valence electrons. The summed E-state index contributed by atoms with van der Waals surface area (Å²) >= 11 is 6.26. The maximum absolute atomic E-state index is 14.0. The van der Waals surface area contributed by atoms with Gasteiger partial charge in [-0.25, -0.2) is 9.97 Å². The highest BCUT2D eigenvalue weighted by Crippen LogP contribution is 2.31. The molecular weight excluding hydrogens is 1000 g/mol. The molecule has 2 atom stereocenters. The zero-order valence-corrected chi connectivity index (χ0v) is 44.8. The number of halogens is 1. The quantitative estimate of drug-likeness (QED) is 0.0612. The zero-order chi connectivity index (χ0) is 53.7. The number of nitrogens with one attached hydrogen (secondary N) is 4. The number of carbonyl (C=O) groups excluding carboxylic acids is 4. The van der Waals surface area contributed by atoms with Gasteiger partial charge in [0.25, 0.3) is 5.91 Å². The summed E-state index contributed by atoms with van der Waals surface area (Å²) in [6, 6.07) is 22.6. The van der Waals surface area contributed by atoms with Gasteiger partial charge in [-0.15, -0.1) is 5.10 Å². The van der Waals surface area contributed by atoms with E-state index in [1.54, 1.807) is 18.1 Å². The average Bonchev–Trinajstić information content (AvgIpc) is 4.16. The minimum Gasteiger partial charge on any atom is -0.497 e. The molecule has 9 rings (SSSR count). The van der Waals surface area contributed by atoms with Crippen LogP contribution in [0.1, 0.15) is 90.2 Å². The van der Waals surface area contributed by atoms with Crippen LogP contribution >= 0.6 is 11.6 Å². The Morgan fingerprint density at radius 3 is 2.53 bits per heavy atom. The molecule has 3 fully saturated rings. The highest BCUT2D eigenvalue weighted by molar-refractivity contribution is 6.30. The van der Waals surface area contributed by atoms with Crippen LogP contribution in [0.5, 0.6) is 11.5 Å². The average molecular weight is 1070 g/mol. The van der Waals surface area contributed by atoms with E-state index in [0.29, 0.717) is 121 Å². The molecule has 3 aliphatic rings. The number of piperazine rings is 1. The van der Waals surface area contributed by atoms with Crippen molar-refractivity contribution in [3.8, 4) is 11.5 Å². The molecule has 77 heavy (non-hydrogen) atoms. The van der Waals surface area contributed by atoms with Crippen LogP contribution in [0.15, 0.2) is 91.5 Å². The summed E-state index contributed by atoms with van der Waals surface area (Å²) in [6.07, 6.45) is 9.43. The highest BCUT2D eigenvalue weighted by atomic mass is 35.5. The van der Waals surface area contributed by atoms with Gasteiger partial charge in [-0.3, -0.25) is 28.8 Å². The Balaban J connectivity index is 0.675. The number of ether oxygens (including phenoxy) is 2. The number of anilines is 1. The molecular formula is C56H71ClN14O6. The molecule has 6 aromatic rings. The van der Waals surface area contributed by atoms with Gasteiger partial charge in [-0.1, -0.05) is 47.1 Å². The Morgan fingerprint density at radius 2 is 1.74 bits per heavy atom. The van der Waals surface area contributed by atoms with Crippen molar-refractivity contribution >= 4 is 52.1 Å². The van der Waals surface area contributed by atoms with Crippen LogP contribution in [0.25, 0.3) is 11.0 Å². The van der Waals surface area contributed by atoms with Gasteiger partial charge in [0.05, 0.1) is 49.5 Å². The van der Waals surface area contributed by atoms with Crippen molar-refractivity contribution in [2.75, 3.05) is 90.6 Å². The van der Waals surface area contributed by atoms with Crippen molar-refractivity contribution in [1.82, 2.24) is 60.6 Å². The molecule has 4 amide bonds. The Bertz CT molecular complexity index is 2950. The first-order chi connectivity index (χ1) is 37.4. The van der Waals surface area contributed by atoms with E-state index in [-0.39, 0.29) is 42.1 Å². The third kappa shape index (κ3) is 14.1. The summed E-state index contributed by atoms with van der Waals surface area (Å²) in [6.45, 7) is 9.76. The first kappa shape index (κ1) is 54.7. The third-order valence-electron chi connectivity index (χ3n) is 15.1. The largest absolute Gasteiger partial charge is 0.497 e. The number of hydrogen-bond donors (Lipinski definition) is 5. The van der Waals surface area contributed by atoms with Crippen molar-refractivity contribution in [3.05, 3.63) is 124 Å². The fraction of sp³-hybridized carbons (Fsp3) is 0.464. The van der Waals surface area contributed by atoms with Crippen LogP contribution in [-0.4, -0.2) is 160 Å². The molecule has 3 aromatic heterocycles. The molecule has 0 spiro atoms. The van der Waals surface area contributed by atoms with Crippen molar-refractivity contribution in [3.63, 3.8) is 0 Å². The standard InChI is InChI=1S/C56H71ClN14O6/c1-3-77-49-33-46(76-2)14-11-42(49)34-59-35-51(73)70-23-5-8-43(36-70)40-6-4-7-41(32-40)54(74)61-21-15-45-37-71(66-65-45)25-18-50(72)68-30-28-67(29-31-68)24-17-48(39-9-12-44(57)13-10-39)64-55(75)56(58)19-26-69(27-20-56)53-47-16-22-60-52(47)62-38-63-53/h4,6-7,9-14,16,22,32-33,37-38,43,48,59H,3,5,8,15,17-21,23-31,34-36,58H2,1-2H3,(H,61,74)(H,64,75)(H,60,62,63)/t43?,48-/m0/s1. The minimum atomic E-state index is -1.03. The number of aromatic nitrogens is 6. The second-order valence-electron chi connectivity index (χ2n) is 20.2. The number of likely N-dealkylation sites (tertiary alicyclic amines) is 1. The van der Waals surface area contributed by atoms with E-state index >= 15 is 0 Å². The van der Waals surface area contributed by atoms with Crippen LogP contribution in [-0.2, 0) is 33.9 Å². The van der Waals surface area contributed by atoms with E-state index in [1.807, 2.05) is 102 Å². The fourth-order valence-electron chi connectivity index (χ4n) is 10.6. The van der Waals surface area contributed by atoms with Gasteiger partial charge >= 0.3 is 0 Å². The van der Waals surface area contributed by atoms with Crippen molar-refractivity contribution < 1.29 is 28.7 Å². The molecule has 3 aromatic carbocycles. The van der Waals surface area contributed by atoms with E-state index in [0.717, 1.165) is 70.1 Å². The summed E-state index contributed by atoms with van der Waals surface area (Å²) in [5.74, 6) is 2.16. The number of rotatable bonds is 22. The number of piperidine rings is 2. The Hall–Kier alpha value is -7.13. The lowest BCUT2D eigenvalue weighted by atomic mass is 9.87. The van der Waals surface area contributed by atoms with Crippen LogP contribution in [0.4, 0.5) is 5.82 Å². The molecule has 21 heteroatoms. The second-order valence-corrected chi connectivity index (χ2v) is 20.6. The molecule has 1 unspecified atom stereocenters. The number of nitrogens with zero attached hydrogens (tertiary/aromatic N) is 9. The summed E-state index contributed by atoms with van der Waals surface area (Å²) in [4.78, 5) is 74.3. The number of aromatic amines is 1. The second kappa shape index (κ2) is 25.8. The SMILES string of the molecule is CCOc1cc(OC)ccc1CNCC(=O)N1CCCC(c2cccc(C(=O)NCCc3cn(CCC(=O)N4CCN(CC[C@H](NC(=O)C5(N)CCN(c6ncnc7[nH]ccc67)CC5)c5ccc(Cl)cc5)CC4)nn3)c2)C1. The number of nitrogens with two attached hydrogens (primary N) is 1. The molecule has 0 bridgehead atoms. The van der Waals surface area contributed by atoms with Gasteiger partial charge in [0.15, 0.2) is 0 Å². The minimum absolute atomic E-state index is 0.0414. The zero-order valence-electron chi connectivity index (χ0n) is 44.1. The molecule has 0 aliphatic carbocycles. The van der Waals surface area contributed by atoms with Crippen molar-refractivity contribution in [1.29, 1.82) is 0 Å². The van der Waals surface area contributed by atoms with Crippen molar-refractivity contribution in [2.24, 2.45) is 5.73 Å². The lowest BCUT2D eigenvalue weighted by Gasteiger charge is -2.39. The topological polar surface area (TPSA) is 234 Å². The number of carbonyl (C=O) groups is 4. The molecule has 3 aliphatic heterocycles. The van der Waals surface area contributed by atoms with Gasteiger partial charge in [0.2, 0.25) is 17.7 Å². The van der Waals surface area contributed by atoms with Gasteiger partial charge in [0.1, 0.15) is 29.3 Å². The van der Waals surface area contributed by atoms with E-state index in [1.165, 1.54) is 0 Å². The molecule has 20 nitrogen and oxygen atoms in total. The lowest BCUT2D eigenvalue weighted by Crippen LogP contribution is -2.60. The fourth-order valence-corrected chi connectivity index (χ4v) is 10.7. The predicted molar refractivity (Wildman–Crippen MR) is 294 cm³/mol. The molecule has 0 saturated carbocycles. The van der Waals surface area contributed by atoms with Crippen molar-refractivity contribution in [2.45, 2.75) is 82.5 Å². The normalized spacial score (nSPS) is 17.2. The summed E-state index contributed by atoms with van der Waals surface area (Å²) in [5.41, 5.74) is 10.8. The number of aryl methyl sites for hydroxylation is 1. The molecule has 3 saturated heterocycles. The molecule has 6 heterocycles. The number of benzene rings is 3. The number of amides is 4. The van der Waals surface area contributed by atoms with Gasteiger partial charge in [-0.05, 0) is 86.6 Å². The number of H-pyrrole nitrogens is 1. The van der Waals surface area contributed by atoms with E-state index < -0.39 is 5.54 Å². The van der Waals surface area contributed by atoms with Gasteiger partial charge in [0, 0.05) is 125 Å². The highest BCUT2D eigenvalue weighted by Gasteiger charge is 2.39. The summed E-state index contributed by atoms with van der Waals surface area (Å²) in [5, 5.41) is 19.7. The summed E-state index contributed by atoms with van der Waals surface area (Å²) in [7, 11) is 1.62.